The lowest BCUT2D eigenvalue weighted by Crippen LogP contribution is -2.42. The third-order valence-electron chi connectivity index (χ3n) is 5.77. The Labute approximate surface area is 207 Å². The number of nitrogens with zero attached hydrogens (tertiary/aromatic N) is 4. The summed E-state index contributed by atoms with van der Waals surface area (Å²) in [6.45, 7) is 1.52. The number of thioether (sulfide) groups is 1. The molecule has 2 aromatic carbocycles. The Balaban J connectivity index is 1.80. The average Bonchev–Trinajstić information content (AvgIpc) is 3.10. The van der Waals surface area contributed by atoms with Gasteiger partial charge < -0.3 is 10.0 Å². The van der Waals surface area contributed by atoms with Gasteiger partial charge in [0.2, 0.25) is 0 Å². The molecule has 0 saturated heterocycles. The number of aliphatic hydroxyl groups excluding tert-OH is 1. The van der Waals surface area contributed by atoms with Crippen molar-refractivity contribution >= 4 is 52.4 Å². The number of anilines is 1. The third kappa shape index (κ3) is 4.49. The molecule has 0 radical (unpaired) electrons. The van der Waals surface area contributed by atoms with Gasteiger partial charge in [-0.25, -0.2) is 4.68 Å². The number of halogens is 3. The van der Waals surface area contributed by atoms with Gasteiger partial charge in [-0.15, -0.1) is 11.8 Å². The van der Waals surface area contributed by atoms with E-state index < -0.39 is 0 Å². The van der Waals surface area contributed by atoms with Gasteiger partial charge in [0.25, 0.3) is 0 Å². The first-order valence-electron chi connectivity index (χ1n) is 10.2. The molecule has 1 aliphatic rings. The van der Waals surface area contributed by atoms with Gasteiger partial charge in [0.1, 0.15) is 16.5 Å². The van der Waals surface area contributed by atoms with E-state index in [-0.39, 0.29) is 12.6 Å². The van der Waals surface area contributed by atoms with E-state index in [9.17, 15) is 5.11 Å². The molecule has 1 N–H and O–H groups in total. The average molecular weight is 512 g/mol. The van der Waals surface area contributed by atoms with E-state index in [0.29, 0.717) is 27.3 Å². The van der Waals surface area contributed by atoms with Crippen LogP contribution in [0.4, 0.5) is 5.82 Å². The summed E-state index contributed by atoms with van der Waals surface area (Å²) >= 11 is 20.8. The van der Waals surface area contributed by atoms with Crippen LogP contribution in [0.1, 0.15) is 16.7 Å². The Morgan fingerprint density at radius 3 is 2.38 bits per heavy atom. The first-order valence-corrected chi connectivity index (χ1v) is 12.6. The van der Waals surface area contributed by atoms with E-state index in [1.807, 2.05) is 25.3 Å². The van der Waals surface area contributed by atoms with Gasteiger partial charge in [-0.05, 0) is 35.9 Å². The maximum Gasteiger partial charge on any atom is 0.137 e. The maximum absolute atomic E-state index is 10.1. The molecule has 5 nitrogen and oxygen atoms in total. The monoisotopic (exact) mass is 510 g/mol. The second-order valence-electron chi connectivity index (χ2n) is 8.05. The van der Waals surface area contributed by atoms with Gasteiger partial charge >= 0.3 is 0 Å². The van der Waals surface area contributed by atoms with Gasteiger partial charge in [-0.1, -0.05) is 59.1 Å². The minimum absolute atomic E-state index is 0.0423. The van der Waals surface area contributed by atoms with Gasteiger partial charge in [0.15, 0.2) is 0 Å². The molecule has 9 heteroatoms. The lowest BCUT2D eigenvalue weighted by atomic mass is 9.94. The first kappa shape index (κ1) is 23.7. The van der Waals surface area contributed by atoms with E-state index in [0.717, 1.165) is 29.4 Å². The molecule has 0 aliphatic carbocycles. The normalized spacial score (nSPS) is 16.3. The SMILES string of the molecule is CSc1nn(-c2c(Cl)cc(Cl)cc2Cl)c(N(C)C)c1CN1Cc2ccccc2CC1CO. The Kier molecular flexibility index (Phi) is 7.30. The largest absolute Gasteiger partial charge is 0.395 e. The predicted molar refractivity (Wildman–Crippen MR) is 135 cm³/mol. The minimum Gasteiger partial charge on any atom is -0.395 e. The molecule has 32 heavy (non-hydrogen) atoms. The van der Waals surface area contributed by atoms with Crippen LogP contribution in [-0.4, -0.2) is 52.8 Å². The summed E-state index contributed by atoms with van der Waals surface area (Å²) < 4.78 is 1.80. The highest BCUT2D eigenvalue weighted by atomic mass is 35.5. The van der Waals surface area contributed by atoms with Crippen molar-refractivity contribution in [3.8, 4) is 5.69 Å². The number of fused-ring (bicyclic) bond motifs is 1. The van der Waals surface area contributed by atoms with E-state index in [1.54, 1.807) is 28.6 Å². The summed E-state index contributed by atoms with van der Waals surface area (Å²) in [6, 6.07) is 11.8. The van der Waals surface area contributed by atoms with Crippen LogP contribution >= 0.6 is 46.6 Å². The fraction of sp³-hybridized carbons (Fsp3) is 0.348. The summed E-state index contributed by atoms with van der Waals surface area (Å²) in [5.41, 5.74) is 4.27. The van der Waals surface area contributed by atoms with E-state index in [2.05, 4.69) is 29.2 Å². The molecule has 0 spiro atoms. The zero-order valence-corrected chi connectivity index (χ0v) is 21.2. The van der Waals surface area contributed by atoms with E-state index >= 15 is 0 Å². The van der Waals surface area contributed by atoms with Gasteiger partial charge in [0.05, 0.1) is 16.7 Å². The van der Waals surface area contributed by atoms with Gasteiger partial charge in [0, 0.05) is 43.8 Å². The second kappa shape index (κ2) is 9.84. The highest BCUT2D eigenvalue weighted by Gasteiger charge is 2.30. The number of hydrogen-bond donors (Lipinski definition) is 1. The zero-order valence-electron chi connectivity index (χ0n) is 18.1. The molecule has 4 rings (SSSR count). The standard InChI is InChI=1S/C23H25Cl3N4OS/c1-28(2)23-18(12-29-11-15-7-5-4-6-14(15)8-17(29)13-31)22(32-3)27-30(23)21-19(25)9-16(24)10-20(21)26/h4-7,9-10,17,31H,8,11-13H2,1-3H3. The van der Waals surface area contributed by atoms with Crippen molar-refractivity contribution in [2.24, 2.45) is 0 Å². The van der Waals surface area contributed by atoms with Crippen molar-refractivity contribution in [3.05, 3.63) is 68.2 Å². The molecule has 1 aromatic heterocycles. The fourth-order valence-electron chi connectivity index (χ4n) is 4.29. The van der Waals surface area contributed by atoms with Crippen LogP contribution in [0.25, 0.3) is 5.69 Å². The molecule has 0 saturated carbocycles. The van der Waals surface area contributed by atoms with Crippen molar-refractivity contribution in [2.75, 3.05) is 31.9 Å². The number of hydrogen-bond acceptors (Lipinski definition) is 5. The van der Waals surface area contributed by atoms with Crippen LogP contribution in [0.15, 0.2) is 41.4 Å². The van der Waals surface area contributed by atoms with Crippen molar-refractivity contribution < 1.29 is 5.11 Å². The maximum atomic E-state index is 10.1. The quantitative estimate of drug-likeness (QED) is 0.440. The highest BCUT2D eigenvalue weighted by molar-refractivity contribution is 7.98. The summed E-state index contributed by atoms with van der Waals surface area (Å²) in [7, 11) is 3.96. The van der Waals surface area contributed by atoms with Crippen molar-refractivity contribution in [2.45, 2.75) is 30.6 Å². The van der Waals surface area contributed by atoms with Crippen molar-refractivity contribution in [1.29, 1.82) is 0 Å². The third-order valence-corrected chi connectivity index (χ3v) is 7.27. The molecule has 0 fully saturated rings. The van der Waals surface area contributed by atoms with Gasteiger partial charge in [-0.2, -0.15) is 5.10 Å². The van der Waals surface area contributed by atoms with Crippen LogP contribution in [0.3, 0.4) is 0 Å². The molecule has 0 bridgehead atoms. The molecule has 1 atom stereocenters. The number of rotatable bonds is 6. The molecule has 1 aliphatic heterocycles. The Morgan fingerprint density at radius 1 is 1.12 bits per heavy atom. The van der Waals surface area contributed by atoms with E-state index in [4.69, 9.17) is 39.9 Å². The molecule has 3 aromatic rings. The van der Waals surface area contributed by atoms with Crippen LogP contribution in [0.5, 0.6) is 0 Å². The second-order valence-corrected chi connectivity index (χ2v) is 10.1. The van der Waals surface area contributed by atoms with Crippen molar-refractivity contribution in [1.82, 2.24) is 14.7 Å². The van der Waals surface area contributed by atoms with Crippen LogP contribution in [0.2, 0.25) is 15.1 Å². The smallest absolute Gasteiger partial charge is 0.137 e. The number of benzene rings is 2. The molecule has 0 amide bonds. The number of aromatic nitrogens is 2. The number of aliphatic hydroxyl groups is 1. The van der Waals surface area contributed by atoms with Crippen LogP contribution < -0.4 is 4.90 Å². The first-order chi connectivity index (χ1) is 15.3. The minimum atomic E-state index is 0.0423. The highest BCUT2D eigenvalue weighted by Crippen LogP contribution is 2.39. The lowest BCUT2D eigenvalue weighted by molar-refractivity contribution is 0.0991. The summed E-state index contributed by atoms with van der Waals surface area (Å²) in [6.07, 6.45) is 2.83. The van der Waals surface area contributed by atoms with E-state index in [1.165, 1.54) is 11.1 Å². The van der Waals surface area contributed by atoms with Gasteiger partial charge in [-0.3, -0.25) is 4.90 Å². The summed E-state index contributed by atoms with van der Waals surface area (Å²) in [5.74, 6) is 0.899. The topological polar surface area (TPSA) is 44.5 Å². The Morgan fingerprint density at radius 2 is 1.78 bits per heavy atom. The fourth-order valence-corrected chi connectivity index (χ4v) is 5.83. The predicted octanol–water partition coefficient (Wildman–Crippen LogP) is 5.54. The van der Waals surface area contributed by atoms with Crippen molar-refractivity contribution in [3.63, 3.8) is 0 Å². The Bertz CT molecular complexity index is 1110. The van der Waals surface area contributed by atoms with Crippen LogP contribution in [0, 0.1) is 0 Å². The lowest BCUT2D eigenvalue weighted by Gasteiger charge is -2.36. The zero-order chi connectivity index (χ0) is 23.0. The molecule has 2 heterocycles. The summed E-state index contributed by atoms with van der Waals surface area (Å²) in [5, 5.41) is 17.2. The summed E-state index contributed by atoms with van der Waals surface area (Å²) in [4.78, 5) is 4.34. The molecule has 170 valence electrons. The molecule has 1 unspecified atom stereocenters. The van der Waals surface area contributed by atoms with Crippen LogP contribution in [-0.2, 0) is 19.5 Å². The Hall–Kier alpha value is -1.41. The molecular weight excluding hydrogens is 487 g/mol. The molecular formula is C23H25Cl3N4OS.